The second kappa shape index (κ2) is 6.89. The number of ether oxygens (including phenoxy) is 2. The predicted molar refractivity (Wildman–Crippen MR) is 74.4 cm³/mol. The van der Waals surface area contributed by atoms with Crippen LogP contribution in [-0.2, 0) is 4.74 Å². The van der Waals surface area contributed by atoms with E-state index in [1.54, 1.807) is 0 Å². The van der Waals surface area contributed by atoms with E-state index >= 15 is 0 Å². The van der Waals surface area contributed by atoms with Crippen LogP contribution >= 0.6 is 0 Å². The average molecular weight is 265 g/mol. The molecule has 3 atom stereocenters. The Hall–Kier alpha value is -1.10. The predicted octanol–water partition coefficient (Wildman–Crippen LogP) is 1.89. The molecule has 4 nitrogen and oxygen atoms in total. The highest BCUT2D eigenvalue weighted by molar-refractivity contribution is 5.28. The summed E-state index contributed by atoms with van der Waals surface area (Å²) in [6.45, 7) is 6.12. The van der Waals surface area contributed by atoms with Crippen molar-refractivity contribution in [3.05, 3.63) is 29.8 Å². The van der Waals surface area contributed by atoms with E-state index in [4.69, 9.17) is 9.47 Å². The molecule has 0 amide bonds. The lowest BCUT2D eigenvalue weighted by atomic mass is 10.0. The van der Waals surface area contributed by atoms with Gasteiger partial charge in [-0.3, -0.25) is 0 Å². The van der Waals surface area contributed by atoms with Crippen molar-refractivity contribution in [2.24, 2.45) is 0 Å². The SMILES string of the molecule is CCOc1ccc(C(O)CC2COCC(C)N2)cc1. The largest absolute Gasteiger partial charge is 0.494 e. The summed E-state index contributed by atoms with van der Waals surface area (Å²) in [5.74, 6) is 0.839. The second-order valence-electron chi connectivity index (χ2n) is 5.06. The quantitative estimate of drug-likeness (QED) is 0.853. The van der Waals surface area contributed by atoms with Crippen molar-refractivity contribution < 1.29 is 14.6 Å². The van der Waals surface area contributed by atoms with E-state index in [0.717, 1.165) is 17.9 Å². The maximum absolute atomic E-state index is 10.2. The van der Waals surface area contributed by atoms with E-state index in [9.17, 15) is 5.11 Å². The Kier molecular flexibility index (Phi) is 5.19. The molecule has 3 unspecified atom stereocenters. The van der Waals surface area contributed by atoms with Gasteiger partial charge < -0.3 is 19.9 Å². The van der Waals surface area contributed by atoms with Gasteiger partial charge in [-0.05, 0) is 38.0 Å². The highest BCUT2D eigenvalue weighted by atomic mass is 16.5. The van der Waals surface area contributed by atoms with Gasteiger partial charge in [0.1, 0.15) is 5.75 Å². The Balaban J connectivity index is 1.89. The number of aliphatic hydroxyl groups excluding tert-OH is 1. The lowest BCUT2D eigenvalue weighted by molar-refractivity contribution is 0.0304. The van der Waals surface area contributed by atoms with Crippen LogP contribution in [0.15, 0.2) is 24.3 Å². The Morgan fingerprint density at radius 3 is 2.74 bits per heavy atom. The lowest BCUT2D eigenvalue weighted by Gasteiger charge is -2.30. The van der Waals surface area contributed by atoms with Gasteiger partial charge in [-0.1, -0.05) is 12.1 Å². The summed E-state index contributed by atoms with van der Waals surface area (Å²) in [5.41, 5.74) is 0.920. The van der Waals surface area contributed by atoms with Crippen LogP contribution in [0.5, 0.6) is 5.75 Å². The van der Waals surface area contributed by atoms with Crippen molar-refractivity contribution in [2.45, 2.75) is 38.5 Å². The van der Waals surface area contributed by atoms with Gasteiger partial charge in [0, 0.05) is 12.1 Å². The van der Waals surface area contributed by atoms with Gasteiger partial charge in [-0.15, -0.1) is 0 Å². The monoisotopic (exact) mass is 265 g/mol. The molecule has 1 fully saturated rings. The van der Waals surface area contributed by atoms with E-state index in [-0.39, 0.29) is 6.04 Å². The molecule has 1 aliphatic rings. The van der Waals surface area contributed by atoms with Crippen LogP contribution in [0, 0.1) is 0 Å². The summed E-state index contributed by atoms with van der Waals surface area (Å²) in [7, 11) is 0. The van der Waals surface area contributed by atoms with Crippen LogP contribution in [-0.4, -0.2) is 37.0 Å². The van der Waals surface area contributed by atoms with Crippen LogP contribution in [0.1, 0.15) is 31.9 Å². The van der Waals surface area contributed by atoms with Crippen molar-refractivity contribution >= 4 is 0 Å². The van der Waals surface area contributed by atoms with Gasteiger partial charge >= 0.3 is 0 Å². The molecule has 106 valence electrons. The minimum absolute atomic E-state index is 0.213. The smallest absolute Gasteiger partial charge is 0.119 e. The third-order valence-corrected chi connectivity index (χ3v) is 3.29. The molecule has 1 saturated heterocycles. The van der Waals surface area contributed by atoms with E-state index in [0.29, 0.717) is 25.7 Å². The fraction of sp³-hybridized carbons (Fsp3) is 0.600. The summed E-state index contributed by atoms with van der Waals surface area (Å²) >= 11 is 0. The first-order chi connectivity index (χ1) is 9.19. The molecule has 1 aromatic carbocycles. The number of rotatable bonds is 5. The fourth-order valence-corrected chi connectivity index (χ4v) is 2.38. The molecule has 2 rings (SSSR count). The first kappa shape index (κ1) is 14.3. The van der Waals surface area contributed by atoms with Crippen LogP contribution < -0.4 is 10.1 Å². The zero-order valence-corrected chi connectivity index (χ0v) is 11.6. The molecule has 0 aliphatic carbocycles. The van der Waals surface area contributed by atoms with Crippen molar-refractivity contribution in [3.63, 3.8) is 0 Å². The minimum atomic E-state index is -0.470. The first-order valence-corrected chi connectivity index (χ1v) is 6.93. The second-order valence-corrected chi connectivity index (χ2v) is 5.06. The van der Waals surface area contributed by atoms with Crippen LogP contribution in [0.3, 0.4) is 0 Å². The molecule has 1 aromatic rings. The van der Waals surface area contributed by atoms with Crippen LogP contribution in [0.2, 0.25) is 0 Å². The molecule has 1 heterocycles. The molecule has 0 radical (unpaired) electrons. The molecular formula is C15H23NO3. The summed E-state index contributed by atoms with van der Waals surface area (Å²) in [5, 5.41) is 13.7. The lowest BCUT2D eigenvalue weighted by Crippen LogP contribution is -2.47. The maximum atomic E-state index is 10.2. The Morgan fingerprint density at radius 1 is 1.37 bits per heavy atom. The molecule has 0 spiro atoms. The van der Waals surface area contributed by atoms with E-state index in [1.807, 2.05) is 31.2 Å². The third kappa shape index (κ3) is 4.20. The van der Waals surface area contributed by atoms with E-state index < -0.39 is 6.10 Å². The molecule has 1 aliphatic heterocycles. The van der Waals surface area contributed by atoms with Crippen molar-refractivity contribution in [3.8, 4) is 5.75 Å². The van der Waals surface area contributed by atoms with E-state index in [2.05, 4.69) is 12.2 Å². The highest BCUT2D eigenvalue weighted by Crippen LogP contribution is 2.22. The van der Waals surface area contributed by atoms with Gasteiger partial charge in [0.15, 0.2) is 0 Å². The Morgan fingerprint density at radius 2 is 2.11 bits per heavy atom. The molecule has 0 bridgehead atoms. The van der Waals surface area contributed by atoms with Gasteiger partial charge in [0.05, 0.1) is 25.9 Å². The summed E-state index contributed by atoms with van der Waals surface area (Å²) in [6, 6.07) is 8.20. The zero-order valence-electron chi connectivity index (χ0n) is 11.6. The number of morpholine rings is 1. The van der Waals surface area contributed by atoms with Gasteiger partial charge in [0.2, 0.25) is 0 Å². The average Bonchev–Trinajstić information content (AvgIpc) is 2.40. The van der Waals surface area contributed by atoms with Gasteiger partial charge in [-0.25, -0.2) is 0 Å². The van der Waals surface area contributed by atoms with Gasteiger partial charge in [-0.2, -0.15) is 0 Å². The number of nitrogens with one attached hydrogen (secondary N) is 1. The summed E-state index contributed by atoms with van der Waals surface area (Å²) in [4.78, 5) is 0. The molecule has 4 heteroatoms. The molecule has 0 saturated carbocycles. The van der Waals surface area contributed by atoms with Crippen LogP contribution in [0.25, 0.3) is 0 Å². The van der Waals surface area contributed by atoms with Crippen molar-refractivity contribution in [1.29, 1.82) is 0 Å². The first-order valence-electron chi connectivity index (χ1n) is 6.93. The number of benzene rings is 1. The highest BCUT2D eigenvalue weighted by Gasteiger charge is 2.21. The summed E-state index contributed by atoms with van der Waals surface area (Å²) in [6.07, 6.45) is 0.195. The fourth-order valence-electron chi connectivity index (χ4n) is 2.38. The van der Waals surface area contributed by atoms with E-state index in [1.165, 1.54) is 0 Å². The van der Waals surface area contributed by atoms with Crippen molar-refractivity contribution in [1.82, 2.24) is 5.32 Å². The van der Waals surface area contributed by atoms with Crippen LogP contribution in [0.4, 0.5) is 0 Å². The number of hydrogen-bond acceptors (Lipinski definition) is 4. The third-order valence-electron chi connectivity index (χ3n) is 3.29. The Bertz CT molecular complexity index is 379. The number of hydrogen-bond donors (Lipinski definition) is 2. The number of aliphatic hydroxyl groups is 1. The zero-order chi connectivity index (χ0) is 13.7. The molecular weight excluding hydrogens is 242 g/mol. The normalized spacial score (nSPS) is 25.0. The molecule has 0 aromatic heterocycles. The Labute approximate surface area is 114 Å². The van der Waals surface area contributed by atoms with Gasteiger partial charge in [0.25, 0.3) is 0 Å². The van der Waals surface area contributed by atoms with Crippen molar-refractivity contribution in [2.75, 3.05) is 19.8 Å². The summed E-state index contributed by atoms with van der Waals surface area (Å²) < 4.78 is 10.9. The molecule has 19 heavy (non-hydrogen) atoms. The minimum Gasteiger partial charge on any atom is -0.494 e. The topological polar surface area (TPSA) is 50.7 Å². The standard InChI is InChI=1S/C15H23NO3/c1-3-19-14-6-4-12(5-7-14)15(17)8-13-10-18-9-11(2)16-13/h4-7,11,13,15-17H,3,8-10H2,1-2H3. The molecule has 2 N–H and O–H groups in total. The maximum Gasteiger partial charge on any atom is 0.119 e.